The van der Waals surface area contributed by atoms with Crippen molar-refractivity contribution in [3.8, 4) is 0 Å². The molecule has 1 heterocycles. The molecule has 6 nitrogen and oxygen atoms in total. The van der Waals surface area contributed by atoms with Gasteiger partial charge in [0.05, 0.1) is 25.0 Å². The van der Waals surface area contributed by atoms with Gasteiger partial charge in [-0.3, -0.25) is 4.90 Å². The molecule has 1 aromatic carbocycles. The minimum Gasteiger partial charge on any atom is -0.465 e. The fraction of sp³-hybridized carbons (Fsp3) is 0.385. The predicted molar refractivity (Wildman–Crippen MR) is 69.0 cm³/mol. The molecule has 2 rings (SSSR count). The zero-order valence-electron chi connectivity index (χ0n) is 10.7. The normalized spacial score (nSPS) is 18.9. The highest BCUT2D eigenvalue weighted by molar-refractivity contribution is 6.00. The monoisotopic (exact) mass is 264 g/mol. The van der Waals surface area contributed by atoms with Gasteiger partial charge < -0.3 is 15.2 Å². The minimum atomic E-state index is -0.488. The number of amides is 1. The van der Waals surface area contributed by atoms with Crippen molar-refractivity contribution in [2.45, 2.75) is 0 Å². The number of esters is 1. The Labute approximate surface area is 111 Å². The Hall–Kier alpha value is -2.08. The summed E-state index contributed by atoms with van der Waals surface area (Å²) in [5.74, 6) is -0.429. The van der Waals surface area contributed by atoms with Crippen LogP contribution in [0.1, 0.15) is 10.4 Å². The molecular weight excluding hydrogens is 248 g/mol. The molecule has 0 aliphatic carbocycles. The van der Waals surface area contributed by atoms with Crippen LogP contribution in [0.25, 0.3) is 0 Å². The molecule has 1 unspecified atom stereocenters. The first-order chi connectivity index (χ1) is 9.17. The number of anilines is 1. The number of ether oxygens (including phenoxy) is 2. The molecule has 102 valence electrons. The summed E-state index contributed by atoms with van der Waals surface area (Å²) < 4.78 is 9.79. The van der Waals surface area contributed by atoms with Gasteiger partial charge >= 0.3 is 12.1 Å². The van der Waals surface area contributed by atoms with Crippen LogP contribution in [0.4, 0.5) is 10.5 Å². The lowest BCUT2D eigenvalue weighted by Crippen LogP contribution is -2.46. The molecule has 1 aromatic rings. The third-order valence-corrected chi connectivity index (χ3v) is 3.04. The summed E-state index contributed by atoms with van der Waals surface area (Å²) in [6.07, 6.45) is -0.471. The molecule has 6 heteroatoms. The quantitative estimate of drug-likeness (QED) is 0.824. The van der Waals surface area contributed by atoms with Crippen LogP contribution in [-0.2, 0) is 9.47 Å². The summed E-state index contributed by atoms with van der Waals surface area (Å²) in [4.78, 5) is 25.0. The van der Waals surface area contributed by atoms with Crippen molar-refractivity contribution in [2.75, 3.05) is 31.7 Å². The van der Waals surface area contributed by atoms with Crippen molar-refractivity contribution < 1.29 is 19.1 Å². The molecule has 0 bridgehead atoms. The largest absolute Gasteiger partial charge is 0.465 e. The van der Waals surface area contributed by atoms with E-state index < -0.39 is 12.1 Å². The summed E-state index contributed by atoms with van der Waals surface area (Å²) in [5, 5.41) is 0. The number of carbonyl (C=O) groups is 2. The van der Waals surface area contributed by atoms with E-state index in [-0.39, 0.29) is 5.92 Å². The summed E-state index contributed by atoms with van der Waals surface area (Å²) in [7, 11) is 1.30. The van der Waals surface area contributed by atoms with Crippen LogP contribution in [0.2, 0.25) is 0 Å². The fourth-order valence-electron chi connectivity index (χ4n) is 1.98. The number of nitrogens with zero attached hydrogens (tertiary/aromatic N) is 1. The smallest absolute Gasteiger partial charge is 0.414 e. The van der Waals surface area contributed by atoms with Gasteiger partial charge in [0.1, 0.15) is 0 Å². The van der Waals surface area contributed by atoms with Gasteiger partial charge in [0.25, 0.3) is 0 Å². The number of hydrogen-bond donors (Lipinski definition) is 1. The molecule has 0 aromatic heterocycles. The summed E-state index contributed by atoms with van der Waals surface area (Å²) in [6.45, 7) is 1.17. The van der Waals surface area contributed by atoms with E-state index in [9.17, 15) is 9.59 Å². The second-order valence-electron chi connectivity index (χ2n) is 4.30. The van der Waals surface area contributed by atoms with E-state index in [0.717, 1.165) is 0 Å². The SMILES string of the molecule is COC(=O)c1ccccc1N1CC(CN)COC1=O. The lowest BCUT2D eigenvalue weighted by molar-refractivity contribution is 0.0601. The highest BCUT2D eigenvalue weighted by Crippen LogP contribution is 2.25. The van der Waals surface area contributed by atoms with Crippen LogP contribution in [-0.4, -0.2) is 38.9 Å². The number of benzene rings is 1. The Kier molecular flexibility index (Phi) is 4.01. The zero-order valence-corrected chi connectivity index (χ0v) is 10.7. The van der Waals surface area contributed by atoms with Gasteiger partial charge in [-0.25, -0.2) is 9.59 Å². The third-order valence-electron chi connectivity index (χ3n) is 3.04. The van der Waals surface area contributed by atoms with Gasteiger partial charge in [-0.2, -0.15) is 0 Å². The number of nitrogens with two attached hydrogens (primary N) is 1. The molecule has 1 atom stereocenters. The molecule has 19 heavy (non-hydrogen) atoms. The maximum Gasteiger partial charge on any atom is 0.414 e. The van der Waals surface area contributed by atoms with E-state index in [4.69, 9.17) is 15.2 Å². The van der Waals surface area contributed by atoms with Gasteiger partial charge in [-0.1, -0.05) is 12.1 Å². The number of hydrogen-bond acceptors (Lipinski definition) is 5. The van der Waals surface area contributed by atoms with Crippen LogP contribution in [0.15, 0.2) is 24.3 Å². The maximum atomic E-state index is 11.8. The van der Waals surface area contributed by atoms with Crippen molar-refractivity contribution in [3.05, 3.63) is 29.8 Å². The first kappa shape index (κ1) is 13.4. The number of cyclic esters (lactones) is 1. The minimum absolute atomic E-state index is 0.0587. The van der Waals surface area contributed by atoms with Gasteiger partial charge in [0.2, 0.25) is 0 Å². The van der Waals surface area contributed by atoms with E-state index in [1.807, 2.05) is 0 Å². The first-order valence-corrected chi connectivity index (χ1v) is 5.99. The van der Waals surface area contributed by atoms with E-state index in [0.29, 0.717) is 30.9 Å². The van der Waals surface area contributed by atoms with Gasteiger partial charge in [-0.05, 0) is 12.1 Å². The number of methoxy groups -OCH3 is 1. The van der Waals surface area contributed by atoms with Crippen LogP contribution < -0.4 is 10.6 Å². The van der Waals surface area contributed by atoms with Gasteiger partial charge in [0.15, 0.2) is 0 Å². The van der Waals surface area contributed by atoms with E-state index in [1.54, 1.807) is 24.3 Å². The van der Waals surface area contributed by atoms with E-state index >= 15 is 0 Å². The van der Waals surface area contributed by atoms with Crippen LogP contribution in [0.3, 0.4) is 0 Å². The lowest BCUT2D eigenvalue weighted by atomic mass is 10.1. The maximum absolute atomic E-state index is 11.8. The molecule has 1 saturated heterocycles. The molecule has 1 aliphatic rings. The molecule has 1 aliphatic heterocycles. The zero-order chi connectivity index (χ0) is 13.8. The van der Waals surface area contributed by atoms with Crippen molar-refractivity contribution >= 4 is 17.7 Å². The van der Waals surface area contributed by atoms with Crippen LogP contribution in [0.5, 0.6) is 0 Å². The lowest BCUT2D eigenvalue weighted by Gasteiger charge is -2.32. The third kappa shape index (κ3) is 2.68. The molecular formula is C13H16N2O4. The topological polar surface area (TPSA) is 81.9 Å². The Bertz CT molecular complexity index is 489. The number of carbonyl (C=O) groups excluding carboxylic acids is 2. The molecule has 1 amide bonds. The van der Waals surface area contributed by atoms with E-state index in [1.165, 1.54) is 12.0 Å². The fourth-order valence-corrected chi connectivity index (χ4v) is 1.98. The van der Waals surface area contributed by atoms with Gasteiger partial charge in [0, 0.05) is 19.0 Å². The highest BCUT2D eigenvalue weighted by atomic mass is 16.6. The molecule has 0 spiro atoms. The number of rotatable bonds is 3. The van der Waals surface area contributed by atoms with Crippen molar-refractivity contribution in [2.24, 2.45) is 11.7 Å². The Balaban J connectivity index is 2.34. The average molecular weight is 264 g/mol. The van der Waals surface area contributed by atoms with Gasteiger partial charge in [-0.15, -0.1) is 0 Å². The van der Waals surface area contributed by atoms with Crippen molar-refractivity contribution in [1.29, 1.82) is 0 Å². The van der Waals surface area contributed by atoms with Crippen LogP contribution >= 0.6 is 0 Å². The van der Waals surface area contributed by atoms with E-state index in [2.05, 4.69) is 0 Å². The molecule has 1 fully saturated rings. The Morgan fingerprint density at radius 3 is 2.95 bits per heavy atom. The summed E-state index contributed by atoms with van der Waals surface area (Å²) >= 11 is 0. The molecule has 0 saturated carbocycles. The molecule has 2 N–H and O–H groups in total. The Morgan fingerprint density at radius 1 is 1.53 bits per heavy atom. The molecule has 0 radical (unpaired) electrons. The highest BCUT2D eigenvalue weighted by Gasteiger charge is 2.30. The number of para-hydroxylation sites is 1. The van der Waals surface area contributed by atoms with Crippen molar-refractivity contribution in [3.63, 3.8) is 0 Å². The Morgan fingerprint density at radius 2 is 2.26 bits per heavy atom. The summed E-state index contributed by atoms with van der Waals surface area (Å²) in [5.41, 5.74) is 6.42. The predicted octanol–water partition coefficient (Wildman–Crippen LogP) is 1.00. The second kappa shape index (κ2) is 5.71. The standard InChI is InChI=1S/C13H16N2O4/c1-18-12(16)10-4-2-3-5-11(10)15-7-9(6-14)8-19-13(15)17/h2-5,9H,6-8,14H2,1H3. The van der Waals surface area contributed by atoms with Crippen LogP contribution in [0, 0.1) is 5.92 Å². The van der Waals surface area contributed by atoms with Crippen molar-refractivity contribution in [1.82, 2.24) is 0 Å². The average Bonchev–Trinajstić information content (AvgIpc) is 2.47. The first-order valence-electron chi connectivity index (χ1n) is 5.99. The second-order valence-corrected chi connectivity index (χ2v) is 4.30. The summed E-state index contributed by atoms with van der Waals surface area (Å²) in [6, 6.07) is 6.76.